The van der Waals surface area contributed by atoms with E-state index < -0.39 is 0 Å². The SMILES string of the molecule is CCCN(CC(=O)OC)Cc1cc(Cl)ccn1. The number of nitrogens with zero attached hydrogens (tertiary/aromatic N) is 2. The van der Waals surface area contributed by atoms with Crippen molar-refractivity contribution in [1.29, 1.82) is 0 Å². The summed E-state index contributed by atoms with van der Waals surface area (Å²) in [5.74, 6) is -0.236. The monoisotopic (exact) mass is 256 g/mol. The molecule has 0 aliphatic rings. The lowest BCUT2D eigenvalue weighted by molar-refractivity contribution is -0.142. The van der Waals surface area contributed by atoms with E-state index in [-0.39, 0.29) is 12.5 Å². The smallest absolute Gasteiger partial charge is 0.319 e. The first-order valence-corrected chi connectivity index (χ1v) is 5.93. The number of carbonyl (C=O) groups is 1. The molecular weight excluding hydrogens is 240 g/mol. The third-order valence-corrected chi connectivity index (χ3v) is 2.52. The molecule has 0 radical (unpaired) electrons. The first kappa shape index (κ1) is 13.9. The predicted molar refractivity (Wildman–Crippen MR) is 66.8 cm³/mol. The van der Waals surface area contributed by atoms with Gasteiger partial charge in [0.15, 0.2) is 0 Å². The summed E-state index contributed by atoms with van der Waals surface area (Å²) in [5.41, 5.74) is 0.856. The van der Waals surface area contributed by atoms with Gasteiger partial charge in [0.1, 0.15) is 0 Å². The van der Waals surface area contributed by atoms with Crippen LogP contribution in [0, 0.1) is 0 Å². The molecule has 94 valence electrons. The Morgan fingerprint density at radius 2 is 2.35 bits per heavy atom. The maximum atomic E-state index is 11.2. The number of rotatable bonds is 6. The van der Waals surface area contributed by atoms with Gasteiger partial charge in [-0.25, -0.2) is 0 Å². The molecule has 17 heavy (non-hydrogen) atoms. The summed E-state index contributed by atoms with van der Waals surface area (Å²) in [6.45, 7) is 3.76. The fourth-order valence-electron chi connectivity index (χ4n) is 1.54. The van der Waals surface area contributed by atoms with Crippen molar-refractivity contribution in [3.05, 3.63) is 29.0 Å². The number of hydrogen-bond acceptors (Lipinski definition) is 4. The van der Waals surface area contributed by atoms with E-state index in [2.05, 4.69) is 16.6 Å². The van der Waals surface area contributed by atoms with Crippen molar-refractivity contribution < 1.29 is 9.53 Å². The maximum Gasteiger partial charge on any atom is 0.319 e. The van der Waals surface area contributed by atoms with Gasteiger partial charge < -0.3 is 4.74 Å². The Bertz CT molecular complexity index is 371. The fraction of sp³-hybridized carbons (Fsp3) is 0.500. The zero-order valence-corrected chi connectivity index (χ0v) is 10.9. The van der Waals surface area contributed by atoms with Crippen molar-refractivity contribution >= 4 is 17.6 Å². The molecule has 1 aromatic rings. The van der Waals surface area contributed by atoms with Gasteiger partial charge >= 0.3 is 5.97 Å². The third kappa shape index (κ3) is 5.15. The quantitative estimate of drug-likeness (QED) is 0.732. The molecule has 1 rings (SSSR count). The van der Waals surface area contributed by atoms with Crippen LogP contribution in [-0.2, 0) is 16.1 Å². The molecule has 0 bridgehead atoms. The minimum Gasteiger partial charge on any atom is -0.468 e. The third-order valence-electron chi connectivity index (χ3n) is 2.28. The first-order chi connectivity index (χ1) is 8.15. The lowest BCUT2D eigenvalue weighted by atomic mass is 10.3. The van der Waals surface area contributed by atoms with Gasteiger partial charge in [0, 0.05) is 17.8 Å². The van der Waals surface area contributed by atoms with Gasteiger partial charge in [0.25, 0.3) is 0 Å². The number of ether oxygens (including phenoxy) is 1. The highest BCUT2D eigenvalue weighted by atomic mass is 35.5. The Kier molecular flexibility index (Phi) is 5.94. The van der Waals surface area contributed by atoms with Gasteiger partial charge in [-0.05, 0) is 25.1 Å². The lowest BCUT2D eigenvalue weighted by Gasteiger charge is -2.19. The van der Waals surface area contributed by atoms with Crippen molar-refractivity contribution in [2.24, 2.45) is 0 Å². The highest BCUT2D eigenvalue weighted by Crippen LogP contribution is 2.10. The van der Waals surface area contributed by atoms with Crippen molar-refractivity contribution in [1.82, 2.24) is 9.88 Å². The van der Waals surface area contributed by atoms with Crippen LogP contribution in [-0.4, -0.2) is 36.1 Å². The summed E-state index contributed by atoms with van der Waals surface area (Å²) in [6.07, 6.45) is 2.64. The van der Waals surface area contributed by atoms with E-state index >= 15 is 0 Å². The Balaban J connectivity index is 2.62. The molecule has 0 aliphatic heterocycles. The lowest BCUT2D eigenvalue weighted by Crippen LogP contribution is -2.31. The Hall–Kier alpha value is -1.13. The molecule has 1 aromatic heterocycles. The average molecular weight is 257 g/mol. The molecule has 0 atom stereocenters. The standard InChI is InChI=1S/C12H17ClN2O2/c1-3-6-15(9-12(16)17-2)8-11-7-10(13)4-5-14-11/h4-5,7H,3,6,8-9H2,1-2H3. The van der Waals surface area contributed by atoms with Crippen LogP contribution >= 0.6 is 11.6 Å². The molecular formula is C12H17ClN2O2. The number of pyridine rings is 1. The molecule has 0 spiro atoms. The van der Waals surface area contributed by atoms with Crippen molar-refractivity contribution in [2.75, 3.05) is 20.2 Å². The Morgan fingerprint density at radius 1 is 1.59 bits per heavy atom. The maximum absolute atomic E-state index is 11.2. The number of aromatic nitrogens is 1. The predicted octanol–water partition coefficient (Wildman–Crippen LogP) is 2.12. The summed E-state index contributed by atoms with van der Waals surface area (Å²) < 4.78 is 4.66. The van der Waals surface area contributed by atoms with E-state index in [9.17, 15) is 4.79 Å². The van der Waals surface area contributed by atoms with Crippen LogP contribution < -0.4 is 0 Å². The van der Waals surface area contributed by atoms with Crippen molar-refractivity contribution in [3.63, 3.8) is 0 Å². The van der Waals surface area contributed by atoms with E-state index in [1.165, 1.54) is 7.11 Å². The van der Waals surface area contributed by atoms with Crippen LogP contribution in [0.1, 0.15) is 19.0 Å². The van der Waals surface area contributed by atoms with E-state index in [4.69, 9.17) is 11.6 Å². The molecule has 0 unspecified atom stereocenters. The molecule has 0 N–H and O–H groups in total. The molecule has 4 nitrogen and oxygen atoms in total. The second-order valence-corrected chi connectivity index (χ2v) is 4.19. The largest absolute Gasteiger partial charge is 0.468 e. The van der Waals surface area contributed by atoms with Crippen LogP contribution in [0.5, 0.6) is 0 Å². The van der Waals surface area contributed by atoms with E-state index in [0.717, 1.165) is 18.7 Å². The molecule has 1 heterocycles. The van der Waals surface area contributed by atoms with Crippen LogP contribution in [0.3, 0.4) is 0 Å². The van der Waals surface area contributed by atoms with Crippen LogP contribution in [0.25, 0.3) is 0 Å². The number of halogens is 1. The van der Waals surface area contributed by atoms with Gasteiger partial charge in [-0.15, -0.1) is 0 Å². The van der Waals surface area contributed by atoms with E-state index in [1.807, 2.05) is 11.0 Å². The van der Waals surface area contributed by atoms with Crippen LogP contribution in [0.15, 0.2) is 18.3 Å². The molecule has 5 heteroatoms. The first-order valence-electron chi connectivity index (χ1n) is 5.55. The van der Waals surface area contributed by atoms with Crippen molar-refractivity contribution in [3.8, 4) is 0 Å². The molecule has 0 amide bonds. The zero-order chi connectivity index (χ0) is 12.7. The topological polar surface area (TPSA) is 42.4 Å². The Morgan fingerprint density at radius 3 is 2.94 bits per heavy atom. The number of esters is 1. The average Bonchev–Trinajstić information content (AvgIpc) is 2.29. The second-order valence-electron chi connectivity index (χ2n) is 3.75. The number of hydrogen-bond donors (Lipinski definition) is 0. The van der Waals surface area contributed by atoms with Gasteiger partial charge in [-0.1, -0.05) is 18.5 Å². The summed E-state index contributed by atoms with van der Waals surface area (Å²) in [5, 5.41) is 0.657. The minimum atomic E-state index is -0.236. The van der Waals surface area contributed by atoms with Gasteiger partial charge in [0.05, 0.1) is 19.3 Å². The Labute approximate surface area is 107 Å². The highest BCUT2D eigenvalue weighted by molar-refractivity contribution is 6.30. The molecule has 0 saturated carbocycles. The van der Waals surface area contributed by atoms with Gasteiger partial charge in [-0.3, -0.25) is 14.7 Å². The molecule has 0 aromatic carbocycles. The summed E-state index contributed by atoms with van der Waals surface area (Å²) >= 11 is 5.89. The zero-order valence-electron chi connectivity index (χ0n) is 10.1. The molecule has 0 saturated heterocycles. The van der Waals surface area contributed by atoms with E-state index in [1.54, 1.807) is 12.3 Å². The molecule has 0 aliphatic carbocycles. The highest BCUT2D eigenvalue weighted by Gasteiger charge is 2.11. The van der Waals surface area contributed by atoms with Crippen LogP contribution in [0.4, 0.5) is 0 Å². The normalized spacial score (nSPS) is 10.6. The fourth-order valence-corrected chi connectivity index (χ4v) is 1.72. The summed E-state index contributed by atoms with van der Waals surface area (Å²) in [7, 11) is 1.39. The minimum absolute atomic E-state index is 0.236. The summed E-state index contributed by atoms with van der Waals surface area (Å²) in [4.78, 5) is 17.5. The number of methoxy groups -OCH3 is 1. The number of carbonyl (C=O) groups excluding carboxylic acids is 1. The van der Waals surface area contributed by atoms with Gasteiger partial charge in [0.2, 0.25) is 0 Å². The van der Waals surface area contributed by atoms with Gasteiger partial charge in [-0.2, -0.15) is 0 Å². The van der Waals surface area contributed by atoms with Crippen LogP contribution in [0.2, 0.25) is 5.02 Å². The second kappa shape index (κ2) is 7.25. The summed E-state index contributed by atoms with van der Waals surface area (Å²) in [6, 6.07) is 3.54. The van der Waals surface area contributed by atoms with E-state index in [0.29, 0.717) is 11.6 Å². The molecule has 0 fully saturated rings. The van der Waals surface area contributed by atoms with Crippen molar-refractivity contribution in [2.45, 2.75) is 19.9 Å².